The van der Waals surface area contributed by atoms with Crippen LogP contribution < -0.4 is 5.69 Å². The van der Waals surface area contributed by atoms with E-state index in [1.165, 1.54) is 6.20 Å². The van der Waals surface area contributed by atoms with E-state index in [9.17, 15) is 14.4 Å². The van der Waals surface area contributed by atoms with Gasteiger partial charge in [-0.1, -0.05) is 0 Å². The van der Waals surface area contributed by atoms with Crippen LogP contribution in [0.5, 0.6) is 0 Å². The Morgan fingerprint density at radius 2 is 2.05 bits per heavy atom. The summed E-state index contributed by atoms with van der Waals surface area (Å²) < 4.78 is 0. The first-order valence-corrected chi connectivity index (χ1v) is 7.24. The highest BCUT2D eigenvalue weighted by Crippen LogP contribution is 2.40. The number of aromatic amines is 2. The third-order valence-corrected chi connectivity index (χ3v) is 4.88. The first kappa shape index (κ1) is 13.9. The summed E-state index contributed by atoms with van der Waals surface area (Å²) in [6.45, 7) is 0.781. The number of hydrogen-bond donors (Lipinski definition) is 2. The highest BCUT2D eigenvalue weighted by Gasteiger charge is 2.42. The zero-order chi connectivity index (χ0) is 15.1. The molecule has 7 heteroatoms. The van der Waals surface area contributed by atoms with E-state index < -0.39 is 0 Å². The summed E-state index contributed by atoms with van der Waals surface area (Å²) in [6, 6.07) is 0.130. The molecule has 1 saturated heterocycles. The van der Waals surface area contributed by atoms with E-state index in [-0.39, 0.29) is 29.2 Å². The van der Waals surface area contributed by atoms with Gasteiger partial charge in [-0.2, -0.15) is 0 Å². The van der Waals surface area contributed by atoms with E-state index in [1.54, 1.807) is 16.8 Å². The maximum absolute atomic E-state index is 12.3. The van der Waals surface area contributed by atoms with Crippen molar-refractivity contribution in [2.24, 2.45) is 11.8 Å². The Morgan fingerprint density at radius 3 is 2.71 bits per heavy atom. The van der Waals surface area contributed by atoms with Crippen LogP contribution in [0.2, 0.25) is 0 Å². The third kappa shape index (κ3) is 2.48. The first-order chi connectivity index (χ1) is 9.95. The molecule has 0 bridgehead atoms. The van der Waals surface area contributed by atoms with Gasteiger partial charge in [0.05, 0.1) is 0 Å². The summed E-state index contributed by atoms with van der Waals surface area (Å²) in [4.78, 5) is 43.6. The van der Waals surface area contributed by atoms with Crippen molar-refractivity contribution >= 4 is 11.8 Å². The van der Waals surface area contributed by atoms with E-state index in [1.807, 2.05) is 7.05 Å². The van der Waals surface area contributed by atoms with Gasteiger partial charge in [-0.05, 0) is 24.7 Å². The molecule has 21 heavy (non-hydrogen) atoms. The van der Waals surface area contributed by atoms with Gasteiger partial charge in [0.15, 0.2) is 0 Å². The summed E-state index contributed by atoms with van der Waals surface area (Å²) in [5, 5.41) is 0. The number of H-pyrrole nitrogens is 2. The molecule has 1 aliphatic carbocycles. The number of piperidine rings is 1. The molecular formula is C14H20N4O3. The van der Waals surface area contributed by atoms with Crippen molar-refractivity contribution in [2.45, 2.75) is 25.3 Å². The van der Waals surface area contributed by atoms with E-state index in [0.717, 1.165) is 19.4 Å². The van der Waals surface area contributed by atoms with Crippen LogP contribution in [0.25, 0.3) is 0 Å². The molecule has 2 amide bonds. The molecule has 1 aromatic heterocycles. The summed E-state index contributed by atoms with van der Waals surface area (Å²) in [5.41, 5.74) is -0.0929. The Labute approximate surface area is 122 Å². The van der Waals surface area contributed by atoms with E-state index in [0.29, 0.717) is 18.3 Å². The molecule has 1 aromatic rings. The van der Waals surface area contributed by atoms with Gasteiger partial charge in [0.2, 0.25) is 5.91 Å². The van der Waals surface area contributed by atoms with Crippen molar-refractivity contribution < 1.29 is 9.59 Å². The van der Waals surface area contributed by atoms with Gasteiger partial charge in [0.1, 0.15) is 5.69 Å². The molecule has 2 N–H and O–H groups in total. The fraction of sp³-hybridized carbons (Fsp3) is 0.643. The lowest BCUT2D eigenvalue weighted by molar-refractivity contribution is -0.134. The number of imidazole rings is 1. The van der Waals surface area contributed by atoms with Gasteiger partial charge in [-0.25, -0.2) is 4.79 Å². The topological polar surface area (TPSA) is 89.3 Å². The highest BCUT2D eigenvalue weighted by atomic mass is 16.2. The Hall–Kier alpha value is -2.05. The van der Waals surface area contributed by atoms with Crippen LogP contribution in [0.3, 0.4) is 0 Å². The molecule has 7 nitrogen and oxygen atoms in total. The lowest BCUT2D eigenvalue weighted by atomic mass is 9.88. The van der Waals surface area contributed by atoms with Crippen molar-refractivity contribution in [1.29, 1.82) is 0 Å². The third-order valence-electron chi connectivity index (χ3n) is 4.88. The van der Waals surface area contributed by atoms with E-state index in [4.69, 9.17) is 0 Å². The number of fused-ring (bicyclic) bond motifs is 1. The highest BCUT2D eigenvalue weighted by molar-refractivity contribution is 5.92. The Kier molecular flexibility index (Phi) is 3.35. The zero-order valence-corrected chi connectivity index (χ0v) is 12.3. The van der Waals surface area contributed by atoms with Crippen molar-refractivity contribution in [3.8, 4) is 0 Å². The molecule has 3 atom stereocenters. The smallest absolute Gasteiger partial charge is 0.323 e. The minimum atomic E-state index is -0.376. The predicted octanol–water partition coefficient (Wildman–Crippen LogP) is 0.0319. The Morgan fingerprint density at radius 1 is 1.33 bits per heavy atom. The van der Waals surface area contributed by atoms with E-state index >= 15 is 0 Å². The number of carbonyl (C=O) groups excluding carboxylic acids is 2. The number of likely N-dealkylation sites (tertiary alicyclic amines) is 1. The molecule has 1 aliphatic heterocycles. The Bertz CT molecular complexity index is 620. The van der Waals surface area contributed by atoms with Gasteiger partial charge in [-0.3, -0.25) is 9.59 Å². The summed E-state index contributed by atoms with van der Waals surface area (Å²) >= 11 is 0. The van der Waals surface area contributed by atoms with Gasteiger partial charge in [0, 0.05) is 39.3 Å². The van der Waals surface area contributed by atoms with Crippen molar-refractivity contribution in [3.63, 3.8) is 0 Å². The van der Waals surface area contributed by atoms with Gasteiger partial charge in [0.25, 0.3) is 5.91 Å². The normalized spacial score (nSPS) is 28.6. The monoisotopic (exact) mass is 292 g/mol. The number of carbonyl (C=O) groups is 2. The minimum absolute atomic E-state index is 0.130. The molecule has 0 unspecified atom stereocenters. The second kappa shape index (κ2) is 5.05. The fourth-order valence-corrected chi connectivity index (χ4v) is 3.61. The quantitative estimate of drug-likeness (QED) is 0.806. The molecule has 3 rings (SSSR count). The van der Waals surface area contributed by atoms with Crippen LogP contribution in [0.15, 0.2) is 11.0 Å². The number of hydrogen-bond acceptors (Lipinski definition) is 3. The number of nitrogens with zero attached hydrogens (tertiary/aromatic N) is 2. The van der Waals surface area contributed by atoms with Crippen molar-refractivity contribution in [1.82, 2.24) is 19.8 Å². The van der Waals surface area contributed by atoms with Crippen LogP contribution in [0.4, 0.5) is 0 Å². The van der Waals surface area contributed by atoms with Crippen molar-refractivity contribution in [3.05, 3.63) is 22.4 Å². The SMILES string of the molecule is CN1C[C@H]2C[C@@H](N(C)C(=O)c3c[nH]c(=O)[nH]3)C[C@H]2CC1=O. The molecule has 0 aromatic carbocycles. The lowest BCUT2D eigenvalue weighted by Gasteiger charge is -2.31. The van der Waals surface area contributed by atoms with Crippen LogP contribution in [0.1, 0.15) is 29.8 Å². The Balaban J connectivity index is 1.69. The number of amides is 2. The minimum Gasteiger partial charge on any atom is -0.345 e. The van der Waals surface area contributed by atoms with Gasteiger partial charge in [-0.15, -0.1) is 0 Å². The largest absolute Gasteiger partial charge is 0.345 e. The fourth-order valence-electron chi connectivity index (χ4n) is 3.61. The standard InChI is InChI=1S/C14H20N4O3/c1-17-7-9-4-10(3-8(9)5-12(17)19)18(2)13(20)11-6-15-14(21)16-11/h6,8-10H,3-5,7H2,1-2H3,(H2,15,16,21)/t8-,9+,10-/m0/s1. The molecule has 2 aliphatic rings. The number of aromatic nitrogens is 2. The van der Waals surface area contributed by atoms with Crippen LogP contribution >= 0.6 is 0 Å². The zero-order valence-electron chi connectivity index (χ0n) is 12.3. The maximum Gasteiger partial charge on any atom is 0.323 e. The molecular weight excluding hydrogens is 272 g/mol. The van der Waals surface area contributed by atoms with Crippen LogP contribution in [-0.4, -0.2) is 58.3 Å². The summed E-state index contributed by atoms with van der Waals surface area (Å²) in [6.07, 6.45) is 3.77. The van der Waals surface area contributed by atoms with E-state index in [2.05, 4.69) is 9.97 Å². The predicted molar refractivity (Wildman–Crippen MR) is 75.8 cm³/mol. The first-order valence-electron chi connectivity index (χ1n) is 7.24. The molecule has 0 radical (unpaired) electrons. The molecule has 2 fully saturated rings. The van der Waals surface area contributed by atoms with Crippen LogP contribution in [0, 0.1) is 11.8 Å². The lowest BCUT2D eigenvalue weighted by Crippen LogP contribution is -2.40. The van der Waals surface area contributed by atoms with Gasteiger partial charge >= 0.3 is 5.69 Å². The number of nitrogens with one attached hydrogen (secondary N) is 2. The second-order valence-corrected chi connectivity index (χ2v) is 6.20. The van der Waals surface area contributed by atoms with Crippen LogP contribution in [-0.2, 0) is 4.79 Å². The maximum atomic E-state index is 12.3. The average molecular weight is 292 g/mol. The number of rotatable bonds is 2. The molecule has 0 spiro atoms. The van der Waals surface area contributed by atoms with Crippen molar-refractivity contribution in [2.75, 3.05) is 20.6 Å². The van der Waals surface area contributed by atoms with Gasteiger partial charge < -0.3 is 19.8 Å². The summed E-state index contributed by atoms with van der Waals surface area (Å²) in [5.74, 6) is 0.856. The summed E-state index contributed by atoms with van der Waals surface area (Å²) in [7, 11) is 3.60. The molecule has 114 valence electrons. The molecule has 2 heterocycles. The molecule has 1 saturated carbocycles. The average Bonchev–Trinajstić information content (AvgIpc) is 3.04. The second-order valence-electron chi connectivity index (χ2n) is 6.20.